The van der Waals surface area contributed by atoms with Crippen molar-refractivity contribution >= 4 is 22.6 Å². The monoisotopic (exact) mass is 405 g/mol. The fraction of sp³-hybridized carbons (Fsp3) is 0.0952. The fourth-order valence-electron chi connectivity index (χ4n) is 3.12. The van der Waals surface area contributed by atoms with E-state index in [1.54, 1.807) is 36.7 Å². The van der Waals surface area contributed by atoms with Crippen molar-refractivity contribution < 1.29 is 9.18 Å². The molecule has 4 aromatic rings. The molecule has 0 aliphatic carbocycles. The highest BCUT2D eigenvalue weighted by Crippen LogP contribution is 2.10. The summed E-state index contributed by atoms with van der Waals surface area (Å²) < 4.78 is 15.6. The number of benzene rings is 1. The Morgan fingerprint density at radius 2 is 1.87 bits per heavy atom. The Labute approximate surface area is 169 Å². The van der Waals surface area contributed by atoms with Crippen LogP contribution in [0.2, 0.25) is 0 Å². The van der Waals surface area contributed by atoms with Gasteiger partial charge in [0.15, 0.2) is 5.52 Å². The molecule has 0 aliphatic rings. The van der Waals surface area contributed by atoms with Crippen LogP contribution in [-0.2, 0) is 17.9 Å². The van der Waals surface area contributed by atoms with Gasteiger partial charge in [-0.2, -0.15) is 0 Å². The molecule has 9 heteroatoms. The van der Waals surface area contributed by atoms with E-state index in [1.165, 1.54) is 35.0 Å². The molecule has 1 N–H and O–H groups in total. The normalized spacial score (nSPS) is 10.8. The third-order valence-corrected chi connectivity index (χ3v) is 4.46. The number of aromatic nitrogens is 4. The van der Waals surface area contributed by atoms with E-state index in [0.29, 0.717) is 5.56 Å². The van der Waals surface area contributed by atoms with Crippen LogP contribution in [0.5, 0.6) is 0 Å². The van der Waals surface area contributed by atoms with Gasteiger partial charge in [-0.1, -0.05) is 12.1 Å². The molecular weight excluding hydrogens is 389 g/mol. The summed E-state index contributed by atoms with van der Waals surface area (Å²) in [7, 11) is 0. The number of hydrogen-bond acceptors (Lipinski definition) is 5. The highest BCUT2D eigenvalue weighted by atomic mass is 19.1. The van der Waals surface area contributed by atoms with Crippen molar-refractivity contribution in [2.45, 2.75) is 13.1 Å². The number of nitrogens with one attached hydrogen (secondary N) is 1. The highest BCUT2D eigenvalue weighted by Gasteiger charge is 2.16. The van der Waals surface area contributed by atoms with E-state index in [0.717, 1.165) is 4.57 Å². The van der Waals surface area contributed by atoms with Gasteiger partial charge in [0.05, 0.1) is 12.1 Å². The number of amides is 1. The van der Waals surface area contributed by atoms with Gasteiger partial charge >= 0.3 is 5.69 Å². The summed E-state index contributed by atoms with van der Waals surface area (Å²) in [5.41, 5.74) is 0.0192. The number of pyridine rings is 2. The lowest BCUT2D eigenvalue weighted by molar-refractivity contribution is -0.116. The van der Waals surface area contributed by atoms with Gasteiger partial charge in [-0.3, -0.25) is 23.7 Å². The van der Waals surface area contributed by atoms with E-state index in [9.17, 15) is 18.8 Å². The van der Waals surface area contributed by atoms with E-state index >= 15 is 0 Å². The maximum absolute atomic E-state index is 13.4. The predicted octanol–water partition coefficient (Wildman–Crippen LogP) is 1.78. The van der Waals surface area contributed by atoms with Crippen molar-refractivity contribution in [3.8, 4) is 0 Å². The number of anilines is 1. The van der Waals surface area contributed by atoms with E-state index < -0.39 is 23.0 Å². The molecule has 0 radical (unpaired) electrons. The number of carbonyl (C=O) groups is 1. The van der Waals surface area contributed by atoms with Gasteiger partial charge in [0.25, 0.3) is 5.56 Å². The number of rotatable bonds is 5. The van der Waals surface area contributed by atoms with Crippen molar-refractivity contribution in [1.29, 1.82) is 0 Å². The average molecular weight is 405 g/mol. The zero-order valence-corrected chi connectivity index (χ0v) is 15.7. The van der Waals surface area contributed by atoms with Gasteiger partial charge < -0.3 is 5.32 Å². The lowest BCUT2D eigenvalue weighted by Crippen LogP contribution is -2.42. The number of nitrogens with zero attached hydrogens (tertiary/aromatic N) is 4. The molecule has 30 heavy (non-hydrogen) atoms. The Hall–Kier alpha value is -4.14. The minimum absolute atomic E-state index is 0.0104. The summed E-state index contributed by atoms with van der Waals surface area (Å²) >= 11 is 0. The molecule has 4 rings (SSSR count). The van der Waals surface area contributed by atoms with E-state index in [4.69, 9.17) is 0 Å². The minimum atomic E-state index is -0.654. The summed E-state index contributed by atoms with van der Waals surface area (Å²) in [5.74, 6) is -1.04. The van der Waals surface area contributed by atoms with Crippen LogP contribution in [0.15, 0.2) is 76.7 Å². The quantitative estimate of drug-likeness (QED) is 0.546. The smallest absolute Gasteiger partial charge is 0.324 e. The van der Waals surface area contributed by atoms with E-state index in [-0.39, 0.29) is 29.8 Å². The maximum Gasteiger partial charge on any atom is 0.332 e. The predicted molar refractivity (Wildman–Crippen MR) is 109 cm³/mol. The van der Waals surface area contributed by atoms with Crippen LogP contribution in [0.3, 0.4) is 0 Å². The highest BCUT2D eigenvalue weighted by molar-refractivity contribution is 5.91. The molecule has 0 saturated heterocycles. The molecule has 0 spiro atoms. The Bertz CT molecular complexity index is 1350. The van der Waals surface area contributed by atoms with Crippen LogP contribution in [-0.4, -0.2) is 25.0 Å². The van der Waals surface area contributed by atoms with Crippen molar-refractivity contribution in [1.82, 2.24) is 19.1 Å². The first-order chi connectivity index (χ1) is 14.5. The Morgan fingerprint density at radius 1 is 1.03 bits per heavy atom. The second kappa shape index (κ2) is 8.08. The Kier molecular flexibility index (Phi) is 5.17. The van der Waals surface area contributed by atoms with Crippen LogP contribution in [0, 0.1) is 5.82 Å². The summed E-state index contributed by atoms with van der Waals surface area (Å²) in [6.07, 6.45) is 4.58. The van der Waals surface area contributed by atoms with Gasteiger partial charge in [0, 0.05) is 24.3 Å². The number of hydrogen-bond donors (Lipinski definition) is 1. The van der Waals surface area contributed by atoms with Gasteiger partial charge in [0.1, 0.15) is 12.4 Å². The number of carbonyl (C=O) groups excluding carboxylic acids is 1. The molecule has 8 nitrogen and oxygen atoms in total. The van der Waals surface area contributed by atoms with Gasteiger partial charge in [-0.15, -0.1) is 0 Å². The van der Waals surface area contributed by atoms with Crippen LogP contribution in [0.25, 0.3) is 11.0 Å². The van der Waals surface area contributed by atoms with Crippen LogP contribution in [0.4, 0.5) is 10.1 Å². The Balaban J connectivity index is 1.76. The first-order valence-corrected chi connectivity index (χ1v) is 9.05. The molecule has 3 aromatic heterocycles. The third-order valence-electron chi connectivity index (χ3n) is 4.46. The lowest BCUT2D eigenvalue weighted by Gasteiger charge is -2.13. The van der Waals surface area contributed by atoms with Gasteiger partial charge in [0.2, 0.25) is 5.91 Å². The van der Waals surface area contributed by atoms with Gasteiger partial charge in [-0.25, -0.2) is 14.2 Å². The SMILES string of the molecule is O=C(Cn1c(=O)n(Cc2cccnc2)c(=O)c2ncccc21)Nc1cccc(F)c1. The molecule has 1 amide bonds. The molecule has 0 aliphatic heterocycles. The summed E-state index contributed by atoms with van der Waals surface area (Å²) in [4.78, 5) is 46.6. The topological polar surface area (TPSA) is 98.9 Å². The van der Waals surface area contributed by atoms with Crippen LogP contribution in [0.1, 0.15) is 5.56 Å². The standard InChI is InChI=1S/C21H16FN5O3/c22-15-5-1-6-16(10-15)25-18(28)13-26-17-7-3-9-24-19(17)20(29)27(21(26)30)12-14-4-2-8-23-11-14/h1-11H,12-13H2,(H,25,28). The first kappa shape index (κ1) is 19.2. The molecule has 0 saturated carbocycles. The lowest BCUT2D eigenvalue weighted by atomic mass is 10.2. The maximum atomic E-state index is 13.4. The summed E-state index contributed by atoms with van der Waals surface area (Å²) in [5, 5.41) is 2.55. The zero-order chi connectivity index (χ0) is 21.1. The minimum Gasteiger partial charge on any atom is -0.324 e. The first-order valence-electron chi connectivity index (χ1n) is 9.05. The van der Waals surface area contributed by atoms with Crippen molar-refractivity contribution in [3.05, 3.63) is 99.3 Å². The van der Waals surface area contributed by atoms with Gasteiger partial charge in [-0.05, 0) is 42.0 Å². The summed E-state index contributed by atoms with van der Waals surface area (Å²) in [6, 6.07) is 12.0. The summed E-state index contributed by atoms with van der Waals surface area (Å²) in [6.45, 7) is -0.381. The van der Waals surface area contributed by atoms with Crippen molar-refractivity contribution in [2.24, 2.45) is 0 Å². The average Bonchev–Trinajstić information content (AvgIpc) is 2.75. The second-order valence-corrected chi connectivity index (χ2v) is 6.55. The van der Waals surface area contributed by atoms with Crippen molar-refractivity contribution in [3.63, 3.8) is 0 Å². The Morgan fingerprint density at radius 3 is 2.63 bits per heavy atom. The van der Waals surface area contributed by atoms with E-state index in [2.05, 4.69) is 15.3 Å². The van der Waals surface area contributed by atoms with Crippen LogP contribution >= 0.6 is 0 Å². The van der Waals surface area contributed by atoms with Crippen molar-refractivity contribution in [2.75, 3.05) is 5.32 Å². The second-order valence-electron chi connectivity index (χ2n) is 6.55. The molecule has 1 aromatic carbocycles. The van der Waals surface area contributed by atoms with E-state index in [1.807, 2.05) is 0 Å². The molecular formula is C21H16FN5O3. The van der Waals surface area contributed by atoms with Crippen LogP contribution < -0.4 is 16.6 Å². The molecule has 0 bridgehead atoms. The third kappa shape index (κ3) is 3.86. The zero-order valence-electron chi connectivity index (χ0n) is 15.7. The number of halogens is 1. The number of fused-ring (bicyclic) bond motifs is 1. The molecule has 0 fully saturated rings. The molecule has 3 heterocycles. The molecule has 0 atom stereocenters. The molecule has 0 unspecified atom stereocenters. The largest absolute Gasteiger partial charge is 0.332 e. The molecule has 150 valence electrons. The fourth-order valence-corrected chi connectivity index (χ4v) is 3.12.